The second-order valence-electron chi connectivity index (χ2n) is 5.67. The van der Waals surface area contributed by atoms with Crippen molar-refractivity contribution >= 4 is 21.6 Å². The second-order valence-corrected chi connectivity index (χ2v) is 7.95. The maximum absolute atomic E-state index is 12.2. The van der Waals surface area contributed by atoms with Crippen LogP contribution in [0.1, 0.15) is 24.8 Å². The molecule has 1 aromatic carbocycles. The van der Waals surface area contributed by atoms with E-state index in [0.717, 1.165) is 24.8 Å². The van der Waals surface area contributed by atoms with E-state index in [2.05, 4.69) is 4.72 Å². The molecule has 0 atom stereocenters. The van der Waals surface area contributed by atoms with Gasteiger partial charge >= 0.3 is 0 Å². The summed E-state index contributed by atoms with van der Waals surface area (Å²) in [7, 11) is 0.460. The summed E-state index contributed by atoms with van der Waals surface area (Å²) in [5.74, 6) is 0.120. The maximum Gasteiger partial charge on any atom is 0.213 e. The Balaban J connectivity index is 2.14. The molecule has 0 heterocycles. The van der Waals surface area contributed by atoms with Crippen molar-refractivity contribution in [1.29, 1.82) is 0 Å². The molecule has 1 aliphatic rings. The minimum atomic E-state index is -3.28. The van der Waals surface area contributed by atoms with Gasteiger partial charge in [-0.2, -0.15) is 0 Å². The summed E-state index contributed by atoms with van der Waals surface area (Å²) < 4.78 is 27.3. The molecule has 1 aliphatic carbocycles. The van der Waals surface area contributed by atoms with Gasteiger partial charge in [0.25, 0.3) is 0 Å². The van der Waals surface area contributed by atoms with Crippen molar-refractivity contribution in [3.63, 3.8) is 0 Å². The van der Waals surface area contributed by atoms with Gasteiger partial charge in [0.05, 0.1) is 11.3 Å². The molecule has 1 saturated carbocycles. The van der Waals surface area contributed by atoms with Crippen molar-refractivity contribution in [2.75, 3.05) is 26.4 Å². The van der Waals surface area contributed by atoms with Crippen LogP contribution in [0, 0.1) is 0 Å². The van der Waals surface area contributed by atoms with Crippen molar-refractivity contribution < 1.29 is 8.42 Å². The lowest BCUT2D eigenvalue weighted by molar-refractivity contribution is 0.224. The highest BCUT2D eigenvalue weighted by Crippen LogP contribution is 2.42. The van der Waals surface area contributed by atoms with E-state index in [-0.39, 0.29) is 5.75 Å². The van der Waals surface area contributed by atoms with Gasteiger partial charge in [0.15, 0.2) is 0 Å². The molecule has 0 amide bonds. The van der Waals surface area contributed by atoms with Gasteiger partial charge in [-0.1, -0.05) is 23.7 Å². The lowest BCUT2D eigenvalue weighted by Crippen LogP contribution is -2.51. The molecule has 0 aliphatic heterocycles. The Labute approximate surface area is 126 Å². The van der Waals surface area contributed by atoms with Crippen molar-refractivity contribution in [2.45, 2.75) is 24.8 Å². The predicted octanol–water partition coefficient (Wildman–Crippen LogP) is 2.20. The summed E-state index contributed by atoms with van der Waals surface area (Å²) in [4.78, 5) is 1.87. The molecule has 0 bridgehead atoms. The van der Waals surface area contributed by atoms with Gasteiger partial charge in [-0.25, -0.2) is 13.1 Å². The number of sulfonamides is 1. The number of hydrogen-bond acceptors (Lipinski definition) is 3. The van der Waals surface area contributed by atoms with Crippen LogP contribution < -0.4 is 4.72 Å². The van der Waals surface area contributed by atoms with E-state index in [1.807, 2.05) is 43.3 Å². The highest BCUT2D eigenvalue weighted by atomic mass is 35.5. The van der Waals surface area contributed by atoms with Gasteiger partial charge < -0.3 is 4.90 Å². The first-order chi connectivity index (χ1) is 9.33. The van der Waals surface area contributed by atoms with Crippen LogP contribution in [0.2, 0.25) is 5.02 Å². The average Bonchev–Trinajstić information content (AvgIpc) is 2.33. The third kappa shape index (κ3) is 3.73. The summed E-state index contributed by atoms with van der Waals surface area (Å²) in [6.45, 7) is 0.520. The fraction of sp³-hybridized carbons (Fsp3) is 0.571. The first kappa shape index (κ1) is 15.8. The molecule has 0 unspecified atom stereocenters. The number of benzene rings is 1. The number of nitrogens with one attached hydrogen (secondary N) is 1. The Bertz CT molecular complexity index is 551. The Morgan fingerprint density at radius 1 is 1.25 bits per heavy atom. The predicted molar refractivity (Wildman–Crippen MR) is 82.5 cm³/mol. The van der Waals surface area contributed by atoms with Crippen molar-refractivity contribution in [3.05, 3.63) is 34.9 Å². The van der Waals surface area contributed by atoms with Crippen LogP contribution in [-0.2, 0) is 15.6 Å². The normalized spacial score (nSPS) is 18.0. The molecule has 112 valence electrons. The molecule has 0 spiro atoms. The van der Waals surface area contributed by atoms with Crippen LogP contribution >= 0.6 is 11.6 Å². The molecule has 4 nitrogen and oxygen atoms in total. The minimum Gasteiger partial charge on any atom is -0.308 e. The molecule has 6 heteroatoms. The quantitative estimate of drug-likeness (QED) is 0.875. The molecule has 0 aromatic heterocycles. The van der Waals surface area contributed by atoms with Crippen LogP contribution in [0.4, 0.5) is 0 Å². The standard InChI is InChI=1S/C14H21ClN2O2S/c1-17(2)10-11-20(18,19)16-14(8-3-9-14)12-4-6-13(15)7-5-12/h4-7,16H,3,8-11H2,1-2H3. The Morgan fingerprint density at radius 2 is 1.85 bits per heavy atom. The molecule has 0 radical (unpaired) electrons. The summed E-state index contributed by atoms with van der Waals surface area (Å²) in [6.07, 6.45) is 2.73. The fourth-order valence-corrected chi connectivity index (χ4v) is 4.15. The molecule has 2 rings (SSSR count). The van der Waals surface area contributed by atoms with Gasteiger partial charge in [0, 0.05) is 11.6 Å². The van der Waals surface area contributed by atoms with Gasteiger partial charge in [0.2, 0.25) is 10.0 Å². The topological polar surface area (TPSA) is 49.4 Å². The largest absolute Gasteiger partial charge is 0.308 e. The number of halogens is 1. The van der Waals surface area contributed by atoms with E-state index in [1.54, 1.807) is 0 Å². The first-order valence-electron chi connectivity index (χ1n) is 6.75. The molecular weight excluding hydrogens is 296 g/mol. The van der Waals surface area contributed by atoms with E-state index in [9.17, 15) is 8.42 Å². The zero-order valence-electron chi connectivity index (χ0n) is 11.9. The molecule has 1 fully saturated rings. The van der Waals surface area contributed by atoms with Gasteiger partial charge in [-0.15, -0.1) is 0 Å². The monoisotopic (exact) mass is 316 g/mol. The smallest absolute Gasteiger partial charge is 0.213 e. The van der Waals surface area contributed by atoms with Crippen molar-refractivity contribution in [1.82, 2.24) is 9.62 Å². The number of hydrogen-bond donors (Lipinski definition) is 1. The van der Waals surface area contributed by atoms with Gasteiger partial charge in [-0.3, -0.25) is 0 Å². The summed E-state index contributed by atoms with van der Waals surface area (Å²) in [6, 6.07) is 7.45. The van der Waals surface area contributed by atoms with Crippen LogP contribution in [0.15, 0.2) is 24.3 Å². The molecular formula is C14H21ClN2O2S. The zero-order valence-corrected chi connectivity index (χ0v) is 13.5. The number of rotatable bonds is 6. The molecule has 1 aromatic rings. The first-order valence-corrected chi connectivity index (χ1v) is 8.78. The van der Waals surface area contributed by atoms with E-state index in [4.69, 9.17) is 11.6 Å². The third-order valence-electron chi connectivity index (χ3n) is 3.76. The lowest BCUT2D eigenvalue weighted by atomic mass is 9.73. The van der Waals surface area contributed by atoms with Crippen LogP contribution in [0.25, 0.3) is 0 Å². The Kier molecular flexibility index (Phi) is 4.74. The van der Waals surface area contributed by atoms with Gasteiger partial charge in [-0.05, 0) is 51.1 Å². The number of nitrogens with zero attached hydrogens (tertiary/aromatic N) is 1. The molecule has 0 saturated heterocycles. The van der Waals surface area contributed by atoms with Crippen LogP contribution in [0.5, 0.6) is 0 Å². The Morgan fingerprint density at radius 3 is 2.30 bits per heavy atom. The zero-order chi connectivity index (χ0) is 14.8. The highest BCUT2D eigenvalue weighted by molar-refractivity contribution is 7.89. The van der Waals surface area contributed by atoms with Gasteiger partial charge in [0.1, 0.15) is 0 Å². The second kappa shape index (κ2) is 6.02. The molecule has 1 N–H and O–H groups in total. The van der Waals surface area contributed by atoms with Crippen LogP contribution in [0.3, 0.4) is 0 Å². The lowest BCUT2D eigenvalue weighted by Gasteiger charge is -2.42. The van der Waals surface area contributed by atoms with E-state index in [0.29, 0.717) is 11.6 Å². The van der Waals surface area contributed by atoms with E-state index in [1.165, 1.54) is 0 Å². The maximum atomic E-state index is 12.2. The van der Waals surface area contributed by atoms with E-state index < -0.39 is 15.6 Å². The van der Waals surface area contributed by atoms with Crippen LogP contribution in [-0.4, -0.2) is 39.7 Å². The Hall–Kier alpha value is -0.620. The summed E-state index contributed by atoms with van der Waals surface area (Å²) in [5, 5.41) is 0.665. The minimum absolute atomic E-state index is 0.120. The highest BCUT2D eigenvalue weighted by Gasteiger charge is 2.41. The third-order valence-corrected chi connectivity index (χ3v) is 5.44. The van der Waals surface area contributed by atoms with Crippen molar-refractivity contribution in [3.8, 4) is 0 Å². The SMILES string of the molecule is CN(C)CCS(=O)(=O)NC1(c2ccc(Cl)cc2)CCC1. The van der Waals surface area contributed by atoms with Crippen molar-refractivity contribution in [2.24, 2.45) is 0 Å². The molecule has 20 heavy (non-hydrogen) atoms. The average molecular weight is 317 g/mol. The van der Waals surface area contributed by atoms with E-state index >= 15 is 0 Å². The summed E-state index contributed by atoms with van der Waals surface area (Å²) >= 11 is 5.90. The fourth-order valence-electron chi connectivity index (χ4n) is 2.40. The summed E-state index contributed by atoms with van der Waals surface area (Å²) in [5.41, 5.74) is 0.567.